The van der Waals surface area contributed by atoms with E-state index in [1.807, 2.05) is 0 Å². The minimum Gasteiger partial charge on any atom is -0.356 e. The third-order valence-corrected chi connectivity index (χ3v) is 0. The molecule has 0 atom stereocenters. The molecule has 0 aromatic heterocycles. The van der Waals surface area contributed by atoms with Crippen molar-refractivity contribution >= 4 is 0 Å². The minimum absolute atomic E-state index is 0. The molecular weight excluding hydrogens is 290 g/mol. The van der Waals surface area contributed by atoms with Gasteiger partial charge in [-0.1, -0.05) is 0 Å². The van der Waals surface area contributed by atoms with Crippen molar-refractivity contribution in [2.24, 2.45) is 0 Å². The molecule has 14 heavy (non-hydrogen) atoms. The molecule has 0 saturated carbocycles. The third kappa shape index (κ3) is 559. The Balaban J connectivity index is -0.0000000270. The SMILES string of the molecule is O=[N+]([O-])[O-].O=[N+]([O-])[O-].O=[N+]([O-])[O-].[Cr+3].[Cr]. The standard InChI is InChI=1S/2Cr.3NO3/c;;3*2-1(3)4/q;+3;3*-1. The first-order valence-electron chi connectivity index (χ1n) is 1.64. The van der Waals surface area contributed by atoms with Gasteiger partial charge in [-0.3, -0.25) is 0 Å². The number of nitrogens with zero attached hydrogens (tertiary/aromatic N) is 3. The van der Waals surface area contributed by atoms with Crippen molar-refractivity contribution < 1.29 is 50.0 Å². The summed E-state index contributed by atoms with van der Waals surface area (Å²) in [6.45, 7) is 0. The van der Waals surface area contributed by atoms with Crippen molar-refractivity contribution in [3.05, 3.63) is 46.0 Å². The van der Waals surface area contributed by atoms with Crippen molar-refractivity contribution in [1.29, 1.82) is 0 Å². The van der Waals surface area contributed by atoms with Crippen LogP contribution in [0.15, 0.2) is 0 Å². The molecule has 0 unspecified atom stereocenters. The van der Waals surface area contributed by atoms with Gasteiger partial charge < -0.3 is 46.0 Å². The van der Waals surface area contributed by atoms with Crippen LogP contribution in [-0.4, -0.2) is 15.3 Å². The zero-order valence-electron chi connectivity index (χ0n) is 5.83. The van der Waals surface area contributed by atoms with Gasteiger partial charge in [0.05, 0.1) is 15.3 Å². The zero-order valence-corrected chi connectivity index (χ0v) is 8.38. The Morgan fingerprint density at radius 3 is 0.571 bits per heavy atom. The predicted molar refractivity (Wildman–Crippen MR) is 31.1 cm³/mol. The van der Waals surface area contributed by atoms with Crippen molar-refractivity contribution in [1.82, 2.24) is 0 Å². The predicted octanol–water partition coefficient (Wildman–Crippen LogP) is -0.722. The molecule has 14 heteroatoms. The quantitative estimate of drug-likeness (QED) is 0.407. The van der Waals surface area contributed by atoms with Crippen LogP contribution >= 0.6 is 0 Å². The molecule has 0 aromatic rings. The fourth-order valence-corrected chi connectivity index (χ4v) is 0. The molecule has 81 valence electrons. The summed E-state index contributed by atoms with van der Waals surface area (Å²) in [7, 11) is 0. The minimum atomic E-state index is -1.75. The molecule has 0 bridgehead atoms. The molecule has 0 saturated heterocycles. The number of hydrogen-bond acceptors (Lipinski definition) is 9. The third-order valence-electron chi connectivity index (χ3n) is 0. The zero-order chi connectivity index (χ0) is 10.7. The fourth-order valence-electron chi connectivity index (χ4n) is 0. The summed E-state index contributed by atoms with van der Waals surface area (Å²) in [6, 6.07) is 0. The largest absolute Gasteiger partial charge is 3.00 e. The molecule has 0 amide bonds. The summed E-state index contributed by atoms with van der Waals surface area (Å²) in [5.74, 6) is 0. The van der Waals surface area contributed by atoms with E-state index < -0.39 is 15.3 Å². The molecule has 0 aromatic carbocycles. The van der Waals surface area contributed by atoms with E-state index in [1.165, 1.54) is 0 Å². The van der Waals surface area contributed by atoms with Gasteiger partial charge in [0.2, 0.25) is 0 Å². The van der Waals surface area contributed by atoms with Crippen LogP contribution in [0.4, 0.5) is 0 Å². The van der Waals surface area contributed by atoms with Gasteiger partial charge in [-0.05, 0) is 0 Å². The number of rotatable bonds is 0. The Morgan fingerprint density at radius 2 is 0.571 bits per heavy atom. The second kappa shape index (κ2) is 22.6. The molecule has 0 fully saturated rings. The van der Waals surface area contributed by atoms with Crippen LogP contribution in [0.3, 0.4) is 0 Å². The molecule has 0 rings (SSSR count). The van der Waals surface area contributed by atoms with Gasteiger partial charge in [0, 0.05) is 17.4 Å². The van der Waals surface area contributed by atoms with Crippen LogP contribution in [0.5, 0.6) is 0 Å². The Kier molecular flexibility index (Phi) is 47.3. The topological polar surface area (TPSA) is 199 Å². The Labute approximate surface area is 96.3 Å². The molecule has 0 spiro atoms. The molecule has 0 aliphatic carbocycles. The summed E-state index contributed by atoms with van der Waals surface area (Å²) >= 11 is 0. The van der Waals surface area contributed by atoms with E-state index in [0.29, 0.717) is 0 Å². The maximum Gasteiger partial charge on any atom is 3.00 e. The van der Waals surface area contributed by atoms with Crippen LogP contribution < -0.4 is 0 Å². The molecule has 12 nitrogen and oxygen atoms in total. The smallest absolute Gasteiger partial charge is 0.356 e. The first-order valence-corrected chi connectivity index (χ1v) is 1.64. The van der Waals surface area contributed by atoms with Gasteiger partial charge >= 0.3 is 17.4 Å². The van der Waals surface area contributed by atoms with E-state index in [1.54, 1.807) is 0 Å². The van der Waals surface area contributed by atoms with E-state index in [9.17, 15) is 0 Å². The van der Waals surface area contributed by atoms with Crippen LogP contribution in [0.25, 0.3) is 0 Å². The van der Waals surface area contributed by atoms with Crippen molar-refractivity contribution in [2.45, 2.75) is 0 Å². The van der Waals surface area contributed by atoms with E-state index in [0.717, 1.165) is 0 Å². The number of hydrogen-bond donors (Lipinski definition) is 0. The maximum atomic E-state index is 8.25. The van der Waals surface area contributed by atoms with E-state index in [-0.39, 0.29) is 34.7 Å². The summed E-state index contributed by atoms with van der Waals surface area (Å²) in [5.41, 5.74) is 0. The maximum absolute atomic E-state index is 8.25. The van der Waals surface area contributed by atoms with E-state index >= 15 is 0 Å². The first kappa shape index (κ1) is 29.3. The molecule has 0 aliphatic rings. The van der Waals surface area contributed by atoms with Crippen molar-refractivity contribution in [3.63, 3.8) is 0 Å². The van der Waals surface area contributed by atoms with Gasteiger partial charge in [0.25, 0.3) is 0 Å². The summed E-state index contributed by atoms with van der Waals surface area (Å²) in [4.78, 5) is 24.8. The van der Waals surface area contributed by atoms with E-state index in [2.05, 4.69) is 0 Å². The van der Waals surface area contributed by atoms with Crippen LogP contribution in [0.1, 0.15) is 0 Å². The Morgan fingerprint density at radius 1 is 0.571 bits per heavy atom. The van der Waals surface area contributed by atoms with Crippen LogP contribution in [0.2, 0.25) is 0 Å². The van der Waals surface area contributed by atoms with Gasteiger partial charge in [-0.25, -0.2) is 0 Å². The van der Waals surface area contributed by atoms with Gasteiger partial charge in [-0.15, -0.1) is 0 Å². The molecular formula is Cr2N3O9. The fraction of sp³-hybridized carbons (Fsp3) is 0. The van der Waals surface area contributed by atoms with Gasteiger partial charge in [0.1, 0.15) is 0 Å². The molecule has 0 N–H and O–H groups in total. The van der Waals surface area contributed by atoms with E-state index in [4.69, 9.17) is 46.0 Å². The molecule has 1 radical (unpaired) electrons. The van der Waals surface area contributed by atoms with Crippen LogP contribution in [0, 0.1) is 46.0 Å². The Bertz CT molecular complexity index is 116. The second-order valence-corrected chi connectivity index (χ2v) is 0.671. The molecule has 0 aliphatic heterocycles. The summed E-state index contributed by atoms with van der Waals surface area (Å²) < 4.78 is 0. The van der Waals surface area contributed by atoms with Crippen molar-refractivity contribution in [3.8, 4) is 0 Å². The summed E-state index contributed by atoms with van der Waals surface area (Å²) in [6.07, 6.45) is 0. The van der Waals surface area contributed by atoms with Gasteiger partial charge in [0.15, 0.2) is 0 Å². The average molecular weight is 290 g/mol. The second-order valence-electron chi connectivity index (χ2n) is 0.671. The first-order chi connectivity index (χ1) is 5.20. The van der Waals surface area contributed by atoms with Crippen LogP contribution in [-0.2, 0) is 34.7 Å². The molecule has 0 heterocycles. The average Bonchev–Trinajstić information content (AvgIpc) is 1.54. The Hall–Kier alpha value is -1.34. The summed E-state index contributed by atoms with van der Waals surface area (Å²) in [5, 5.41) is 44.2. The van der Waals surface area contributed by atoms with Crippen molar-refractivity contribution in [2.75, 3.05) is 0 Å². The normalized spacial score (nSPS) is 5.14. The van der Waals surface area contributed by atoms with Gasteiger partial charge in [-0.2, -0.15) is 0 Å². The monoisotopic (exact) mass is 290 g/mol.